The van der Waals surface area contributed by atoms with Crippen LogP contribution < -0.4 is 15.8 Å². The van der Waals surface area contributed by atoms with Gasteiger partial charge in [0.15, 0.2) is 0 Å². The van der Waals surface area contributed by atoms with Gasteiger partial charge < -0.3 is 15.0 Å². The van der Waals surface area contributed by atoms with Gasteiger partial charge >= 0.3 is 6.09 Å². The molecule has 4 rings (SSSR count). The number of benzene rings is 2. The molecule has 1 fully saturated rings. The number of hydrogen-bond acceptors (Lipinski definition) is 5. The molecule has 190 valence electrons. The molecule has 0 atom stereocenters. The third-order valence-corrected chi connectivity index (χ3v) is 6.42. The maximum Gasteiger partial charge on any atom is 0.407 e. The zero-order valence-corrected chi connectivity index (χ0v) is 22.4. The van der Waals surface area contributed by atoms with Crippen molar-refractivity contribution in [1.29, 1.82) is 0 Å². The average Bonchev–Trinajstić information content (AvgIpc) is 2.79. The van der Waals surface area contributed by atoms with Crippen LogP contribution in [0.15, 0.2) is 53.3 Å². The molecule has 7 nitrogen and oxygen atoms in total. The van der Waals surface area contributed by atoms with Gasteiger partial charge in [-0.3, -0.25) is 9.36 Å². The summed E-state index contributed by atoms with van der Waals surface area (Å²) in [7, 11) is 0. The molecule has 0 aliphatic carbocycles. The number of amides is 1. The van der Waals surface area contributed by atoms with Gasteiger partial charge in [0.1, 0.15) is 17.7 Å². The number of halogens is 2. The summed E-state index contributed by atoms with van der Waals surface area (Å²) in [6.45, 7) is 8.91. The summed E-state index contributed by atoms with van der Waals surface area (Å²) in [6, 6.07) is 14.2. The highest BCUT2D eigenvalue weighted by molar-refractivity contribution is 6.31. The first-order valence-corrected chi connectivity index (χ1v) is 12.7. The maximum absolute atomic E-state index is 13.4. The third-order valence-electron chi connectivity index (χ3n) is 5.94. The van der Waals surface area contributed by atoms with Gasteiger partial charge in [-0.2, -0.15) is 0 Å². The van der Waals surface area contributed by atoms with Crippen LogP contribution in [0.4, 0.5) is 10.6 Å². The lowest BCUT2D eigenvalue weighted by Crippen LogP contribution is -2.45. The Hall–Kier alpha value is -3.03. The van der Waals surface area contributed by atoms with E-state index in [1.165, 1.54) is 0 Å². The van der Waals surface area contributed by atoms with E-state index in [1.807, 2.05) is 39.8 Å². The van der Waals surface area contributed by atoms with Crippen LogP contribution in [-0.4, -0.2) is 40.4 Å². The number of alkyl carbamates (subject to hydrolysis) is 1. The molecule has 0 radical (unpaired) electrons. The van der Waals surface area contributed by atoms with Crippen molar-refractivity contribution < 1.29 is 9.53 Å². The van der Waals surface area contributed by atoms with Crippen molar-refractivity contribution >= 4 is 35.1 Å². The molecule has 0 bridgehead atoms. The molecule has 2 heterocycles. The second-order valence-corrected chi connectivity index (χ2v) is 10.9. The Morgan fingerprint density at radius 2 is 1.67 bits per heavy atom. The predicted molar refractivity (Wildman–Crippen MR) is 145 cm³/mol. The van der Waals surface area contributed by atoms with E-state index < -0.39 is 6.09 Å². The molecule has 2 aromatic carbocycles. The Balaban J connectivity index is 1.64. The molecular formula is C27H30Cl2N4O3. The molecule has 1 aliphatic heterocycles. The van der Waals surface area contributed by atoms with E-state index in [4.69, 9.17) is 32.9 Å². The van der Waals surface area contributed by atoms with E-state index in [1.54, 1.807) is 41.0 Å². The second-order valence-electron chi connectivity index (χ2n) is 10.0. The molecular weight excluding hydrogens is 499 g/mol. The van der Waals surface area contributed by atoms with Crippen molar-refractivity contribution in [1.82, 2.24) is 14.9 Å². The van der Waals surface area contributed by atoms with Crippen LogP contribution in [0, 0.1) is 6.92 Å². The summed E-state index contributed by atoms with van der Waals surface area (Å²) in [6.07, 6.45) is 0.699. The van der Waals surface area contributed by atoms with Crippen molar-refractivity contribution in [2.24, 2.45) is 0 Å². The molecule has 3 aromatic rings. The zero-order chi connectivity index (χ0) is 26.0. The number of aromatic nitrogens is 2. The summed E-state index contributed by atoms with van der Waals surface area (Å²) in [5, 5.41) is 4.03. The number of carbonyl (C=O) groups excluding carboxylic acids is 1. The van der Waals surface area contributed by atoms with Crippen LogP contribution in [-0.2, 0) is 4.74 Å². The van der Waals surface area contributed by atoms with Crippen molar-refractivity contribution in [3.63, 3.8) is 0 Å². The van der Waals surface area contributed by atoms with Crippen LogP contribution in [0.1, 0.15) is 39.2 Å². The first kappa shape index (κ1) is 26.0. The zero-order valence-electron chi connectivity index (χ0n) is 20.8. The topological polar surface area (TPSA) is 76.5 Å². The summed E-state index contributed by atoms with van der Waals surface area (Å²) < 4.78 is 7.18. The monoisotopic (exact) mass is 528 g/mol. The smallest absolute Gasteiger partial charge is 0.407 e. The number of ether oxygens (including phenoxy) is 1. The fraction of sp³-hybridized carbons (Fsp3) is 0.370. The number of rotatable bonds is 4. The molecule has 0 spiro atoms. The van der Waals surface area contributed by atoms with Gasteiger partial charge in [-0.15, -0.1) is 0 Å². The minimum Gasteiger partial charge on any atom is -0.446 e. The average molecular weight is 529 g/mol. The Bertz CT molecular complexity index is 1310. The van der Waals surface area contributed by atoms with E-state index in [-0.39, 0.29) is 17.2 Å². The highest BCUT2D eigenvalue weighted by Crippen LogP contribution is 2.29. The Kier molecular flexibility index (Phi) is 7.62. The largest absolute Gasteiger partial charge is 0.446 e. The summed E-state index contributed by atoms with van der Waals surface area (Å²) in [5.74, 6) is 1.11. The molecule has 0 unspecified atom stereocenters. The minimum absolute atomic E-state index is 0.184. The Morgan fingerprint density at radius 3 is 2.28 bits per heavy atom. The number of piperidine rings is 1. The minimum atomic E-state index is -0.412. The van der Waals surface area contributed by atoms with Gasteiger partial charge in [-0.05, 0) is 75.7 Å². The van der Waals surface area contributed by atoms with E-state index >= 15 is 0 Å². The fourth-order valence-electron chi connectivity index (χ4n) is 4.22. The SMILES string of the molecule is Cc1cc(Cl)ccc1-c1nc(N2CCC(OC(=O)NC(C)(C)C)CC2)cc(=O)n1-c1ccc(Cl)cc1. The number of nitrogens with zero attached hydrogens (tertiary/aromatic N) is 3. The van der Waals surface area contributed by atoms with E-state index in [0.29, 0.717) is 53.3 Å². The molecule has 1 aliphatic rings. The highest BCUT2D eigenvalue weighted by Gasteiger charge is 2.26. The lowest BCUT2D eigenvalue weighted by atomic mass is 10.1. The number of hydrogen-bond donors (Lipinski definition) is 1. The summed E-state index contributed by atoms with van der Waals surface area (Å²) in [4.78, 5) is 32.6. The molecule has 36 heavy (non-hydrogen) atoms. The molecule has 1 N–H and O–H groups in total. The normalized spacial score (nSPS) is 14.6. The van der Waals surface area contributed by atoms with Crippen molar-refractivity contribution in [3.05, 3.63) is 74.5 Å². The Labute approximate surface area is 221 Å². The van der Waals surface area contributed by atoms with Gasteiger partial charge in [-0.25, -0.2) is 9.78 Å². The molecule has 1 amide bonds. The first-order valence-electron chi connectivity index (χ1n) is 11.9. The van der Waals surface area contributed by atoms with Gasteiger partial charge in [0.05, 0.1) is 5.69 Å². The fourth-order valence-corrected chi connectivity index (χ4v) is 4.57. The highest BCUT2D eigenvalue weighted by atomic mass is 35.5. The lowest BCUT2D eigenvalue weighted by molar-refractivity contribution is 0.0776. The number of nitrogens with one attached hydrogen (secondary N) is 1. The van der Waals surface area contributed by atoms with Crippen LogP contribution >= 0.6 is 23.2 Å². The van der Waals surface area contributed by atoms with Crippen LogP contribution in [0.2, 0.25) is 10.0 Å². The van der Waals surface area contributed by atoms with Gasteiger partial charge in [0.2, 0.25) is 0 Å². The van der Waals surface area contributed by atoms with Gasteiger partial charge in [0.25, 0.3) is 5.56 Å². The van der Waals surface area contributed by atoms with Crippen molar-refractivity contribution in [3.8, 4) is 17.1 Å². The standard InChI is InChI=1S/C27H30Cl2N4O3/c1-17-15-19(29)7-10-22(17)25-30-23(16-24(34)33(25)20-8-5-18(28)6-9-20)32-13-11-21(12-14-32)36-26(35)31-27(2,3)4/h5-10,15-16,21H,11-14H2,1-4H3,(H,31,35). The quantitative estimate of drug-likeness (QED) is 0.448. The van der Waals surface area contributed by atoms with Crippen molar-refractivity contribution in [2.75, 3.05) is 18.0 Å². The predicted octanol–water partition coefficient (Wildman–Crippen LogP) is 6.01. The van der Waals surface area contributed by atoms with E-state index in [0.717, 1.165) is 11.1 Å². The lowest BCUT2D eigenvalue weighted by Gasteiger charge is -2.33. The summed E-state index contributed by atoms with van der Waals surface area (Å²) in [5.41, 5.74) is 1.84. The van der Waals surface area contributed by atoms with Gasteiger partial charge in [0, 0.05) is 53.1 Å². The van der Waals surface area contributed by atoms with Crippen LogP contribution in [0.25, 0.3) is 17.1 Å². The number of carbonyl (C=O) groups is 1. The van der Waals surface area contributed by atoms with E-state index in [2.05, 4.69) is 10.2 Å². The molecule has 1 aromatic heterocycles. The summed E-state index contributed by atoms with van der Waals surface area (Å²) >= 11 is 12.3. The van der Waals surface area contributed by atoms with E-state index in [9.17, 15) is 9.59 Å². The third kappa shape index (κ3) is 6.20. The first-order chi connectivity index (χ1) is 17.0. The van der Waals surface area contributed by atoms with Crippen LogP contribution in [0.3, 0.4) is 0 Å². The maximum atomic E-state index is 13.4. The second kappa shape index (κ2) is 10.5. The number of aryl methyl sites for hydroxylation is 1. The Morgan fingerprint density at radius 1 is 1.03 bits per heavy atom. The molecule has 1 saturated heterocycles. The molecule has 9 heteroatoms. The number of anilines is 1. The van der Waals surface area contributed by atoms with Crippen molar-refractivity contribution in [2.45, 2.75) is 52.2 Å². The van der Waals surface area contributed by atoms with Crippen LogP contribution in [0.5, 0.6) is 0 Å². The van der Waals surface area contributed by atoms with Gasteiger partial charge in [-0.1, -0.05) is 23.2 Å². The molecule has 0 saturated carbocycles.